The first-order valence-corrected chi connectivity index (χ1v) is 7.19. The van der Waals surface area contributed by atoms with Crippen molar-refractivity contribution < 1.29 is 4.79 Å². The molecule has 1 amide bonds. The molecule has 6 heteroatoms. The van der Waals surface area contributed by atoms with Crippen LogP contribution in [0.3, 0.4) is 0 Å². The van der Waals surface area contributed by atoms with Gasteiger partial charge in [0.2, 0.25) is 0 Å². The molecule has 6 nitrogen and oxygen atoms in total. The average molecular weight is 297 g/mol. The molecule has 1 aromatic heterocycles. The summed E-state index contributed by atoms with van der Waals surface area (Å²) in [5.41, 5.74) is 4.74. The summed E-state index contributed by atoms with van der Waals surface area (Å²) in [4.78, 5) is 21.7. The van der Waals surface area contributed by atoms with Crippen molar-refractivity contribution in [2.45, 2.75) is 13.8 Å². The maximum Gasteiger partial charge on any atom is 0.291 e. The van der Waals surface area contributed by atoms with Crippen molar-refractivity contribution in [2.75, 3.05) is 18.0 Å². The molecule has 0 saturated heterocycles. The van der Waals surface area contributed by atoms with Crippen molar-refractivity contribution in [3.8, 4) is 0 Å². The summed E-state index contributed by atoms with van der Waals surface area (Å²) in [6.07, 6.45) is 5.96. The van der Waals surface area contributed by atoms with Crippen molar-refractivity contribution in [1.82, 2.24) is 15.4 Å². The lowest BCUT2D eigenvalue weighted by molar-refractivity contribution is 0.0949. The number of hydrazone groups is 1. The van der Waals surface area contributed by atoms with Gasteiger partial charge < -0.3 is 4.90 Å². The summed E-state index contributed by atoms with van der Waals surface area (Å²) >= 11 is 0. The monoisotopic (exact) mass is 297 g/mol. The molecule has 1 heterocycles. The standard InChI is InChI=1S/C16H19N5O/c1-3-21(4-2)14-7-5-13(6-8-14)11-19-20-16(22)15-12-17-9-10-18-15/h5-12H,3-4H2,1-2H3,(H,20,22). The lowest BCUT2D eigenvalue weighted by atomic mass is 10.2. The Morgan fingerprint density at radius 1 is 1.23 bits per heavy atom. The molecule has 0 aliphatic carbocycles. The Labute approximate surface area is 129 Å². The molecule has 0 fully saturated rings. The van der Waals surface area contributed by atoms with Crippen molar-refractivity contribution in [1.29, 1.82) is 0 Å². The van der Waals surface area contributed by atoms with Gasteiger partial charge in [0.25, 0.3) is 5.91 Å². The van der Waals surface area contributed by atoms with Gasteiger partial charge in [-0.2, -0.15) is 5.10 Å². The number of nitrogens with one attached hydrogen (secondary N) is 1. The van der Waals surface area contributed by atoms with Gasteiger partial charge in [-0.15, -0.1) is 0 Å². The van der Waals surface area contributed by atoms with Gasteiger partial charge in [-0.1, -0.05) is 12.1 Å². The Kier molecular flexibility index (Phi) is 5.59. The number of hydrogen-bond donors (Lipinski definition) is 1. The topological polar surface area (TPSA) is 70.5 Å². The summed E-state index contributed by atoms with van der Waals surface area (Å²) in [5.74, 6) is -0.385. The summed E-state index contributed by atoms with van der Waals surface area (Å²) in [5, 5.41) is 3.93. The van der Waals surface area contributed by atoms with Crippen LogP contribution in [0.5, 0.6) is 0 Å². The second-order valence-electron chi connectivity index (χ2n) is 4.55. The van der Waals surface area contributed by atoms with E-state index >= 15 is 0 Å². The number of nitrogens with zero attached hydrogens (tertiary/aromatic N) is 4. The van der Waals surface area contributed by atoms with E-state index in [-0.39, 0.29) is 11.6 Å². The van der Waals surface area contributed by atoms with Gasteiger partial charge in [0.15, 0.2) is 0 Å². The van der Waals surface area contributed by atoms with Crippen LogP contribution in [0.1, 0.15) is 29.9 Å². The average Bonchev–Trinajstić information content (AvgIpc) is 2.58. The highest BCUT2D eigenvalue weighted by Gasteiger charge is 2.04. The van der Waals surface area contributed by atoms with E-state index in [1.165, 1.54) is 24.3 Å². The van der Waals surface area contributed by atoms with E-state index in [1.807, 2.05) is 24.3 Å². The highest BCUT2D eigenvalue weighted by atomic mass is 16.2. The van der Waals surface area contributed by atoms with Crippen molar-refractivity contribution in [3.05, 3.63) is 54.1 Å². The number of benzene rings is 1. The van der Waals surface area contributed by atoms with Crippen LogP contribution >= 0.6 is 0 Å². The molecule has 1 N–H and O–H groups in total. The number of amides is 1. The van der Waals surface area contributed by atoms with Crippen LogP contribution in [0.2, 0.25) is 0 Å². The molecule has 114 valence electrons. The Balaban J connectivity index is 1.95. The van der Waals surface area contributed by atoms with Gasteiger partial charge in [-0.3, -0.25) is 9.78 Å². The first-order valence-electron chi connectivity index (χ1n) is 7.19. The van der Waals surface area contributed by atoms with Gasteiger partial charge in [0.05, 0.1) is 12.4 Å². The molecular weight excluding hydrogens is 278 g/mol. The second kappa shape index (κ2) is 7.87. The van der Waals surface area contributed by atoms with E-state index in [0.717, 1.165) is 18.7 Å². The zero-order valence-electron chi connectivity index (χ0n) is 12.7. The smallest absolute Gasteiger partial charge is 0.291 e. The quantitative estimate of drug-likeness (QED) is 0.654. The largest absolute Gasteiger partial charge is 0.372 e. The lowest BCUT2D eigenvalue weighted by Gasteiger charge is -2.20. The van der Waals surface area contributed by atoms with Gasteiger partial charge in [0, 0.05) is 31.2 Å². The fourth-order valence-electron chi connectivity index (χ4n) is 2.00. The molecule has 0 spiro atoms. The number of carbonyl (C=O) groups excluding carboxylic acids is 1. The molecule has 0 bridgehead atoms. The highest BCUT2D eigenvalue weighted by Crippen LogP contribution is 2.13. The summed E-state index contributed by atoms with van der Waals surface area (Å²) < 4.78 is 0. The van der Waals surface area contributed by atoms with E-state index < -0.39 is 0 Å². The fraction of sp³-hybridized carbons (Fsp3) is 0.250. The van der Waals surface area contributed by atoms with Crippen LogP contribution in [-0.4, -0.2) is 35.2 Å². The molecular formula is C16H19N5O. The predicted octanol–water partition coefficient (Wildman–Crippen LogP) is 2.09. The maximum absolute atomic E-state index is 11.7. The van der Waals surface area contributed by atoms with Gasteiger partial charge in [-0.25, -0.2) is 10.4 Å². The molecule has 0 atom stereocenters. The molecule has 0 unspecified atom stereocenters. The first-order chi connectivity index (χ1) is 10.7. The normalized spacial score (nSPS) is 10.6. The summed E-state index contributed by atoms with van der Waals surface area (Å²) in [7, 11) is 0. The van der Waals surface area contributed by atoms with E-state index in [4.69, 9.17) is 0 Å². The number of hydrogen-bond acceptors (Lipinski definition) is 5. The maximum atomic E-state index is 11.7. The van der Waals surface area contributed by atoms with Crippen LogP contribution < -0.4 is 10.3 Å². The number of aromatic nitrogens is 2. The van der Waals surface area contributed by atoms with E-state index in [2.05, 4.69) is 39.2 Å². The van der Waals surface area contributed by atoms with Gasteiger partial charge in [0.1, 0.15) is 5.69 Å². The molecule has 2 rings (SSSR count). The summed E-state index contributed by atoms with van der Waals surface area (Å²) in [6, 6.07) is 8.01. The van der Waals surface area contributed by atoms with E-state index in [9.17, 15) is 4.79 Å². The third kappa shape index (κ3) is 4.12. The first kappa shape index (κ1) is 15.6. The molecule has 0 radical (unpaired) electrons. The van der Waals surface area contributed by atoms with Crippen LogP contribution in [0.15, 0.2) is 48.0 Å². The Morgan fingerprint density at radius 3 is 2.55 bits per heavy atom. The second-order valence-corrected chi connectivity index (χ2v) is 4.55. The molecule has 2 aromatic rings. The van der Waals surface area contributed by atoms with Gasteiger partial charge >= 0.3 is 0 Å². The molecule has 0 saturated carbocycles. The highest BCUT2D eigenvalue weighted by molar-refractivity contribution is 5.92. The number of rotatable bonds is 6. The summed E-state index contributed by atoms with van der Waals surface area (Å²) in [6.45, 7) is 6.19. The van der Waals surface area contributed by atoms with Crippen LogP contribution in [0.25, 0.3) is 0 Å². The molecule has 0 aliphatic heterocycles. The minimum absolute atomic E-state index is 0.233. The van der Waals surface area contributed by atoms with Crippen LogP contribution in [0, 0.1) is 0 Å². The zero-order chi connectivity index (χ0) is 15.8. The van der Waals surface area contributed by atoms with Crippen LogP contribution in [-0.2, 0) is 0 Å². The predicted molar refractivity (Wildman–Crippen MR) is 87.1 cm³/mol. The third-order valence-electron chi connectivity index (χ3n) is 3.20. The molecule has 1 aromatic carbocycles. The SMILES string of the molecule is CCN(CC)c1ccc(C=NNC(=O)c2cnccn2)cc1. The minimum Gasteiger partial charge on any atom is -0.372 e. The zero-order valence-corrected chi connectivity index (χ0v) is 12.7. The van der Waals surface area contributed by atoms with Crippen molar-refractivity contribution in [2.24, 2.45) is 5.10 Å². The number of carbonyl (C=O) groups is 1. The van der Waals surface area contributed by atoms with E-state index in [0.29, 0.717) is 0 Å². The van der Waals surface area contributed by atoms with Gasteiger partial charge in [-0.05, 0) is 31.5 Å². The lowest BCUT2D eigenvalue weighted by Crippen LogP contribution is -2.21. The number of anilines is 1. The van der Waals surface area contributed by atoms with Crippen molar-refractivity contribution >= 4 is 17.8 Å². The minimum atomic E-state index is -0.385. The Bertz CT molecular complexity index is 621. The molecule has 0 aliphatic rings. The molecule has 22 heavy (non-hydrogen) atoms. The Hall–Kier alpha value is -2.76. The Morgan fingerprint density at radius 2 is 1.95 bits per heavy atom. The third-order valence-corrected chi connectivity index (χ3v) is 3.20. The van der Waals surface area contributed by atoms with Crippen molar-refractivity contribution in [3.63, 3.8) is 0 Å². The fourth-order valence-corrected chi connectivity index (χ4v) is 2.00. The van der Waals surface area contributed by atoms with E-state index in [1.54, 1.807) is 6.21 Å². The van der Waals surface area contributed by atoms with Crippen LogP contribution in [0.4, 0.5) is 5.69 Å².